The molecule has 0 aliphatic carbocycles. The Hall–Kier alpha value is -1.43. The molecule has 5 nitrogen and oxygen atoms in total. The minimum Gasteiger partial charge on any atom is -0.472 e. The Kier molecular flexibility index (Phi) is 5.73. The third kappa shape index (κ3) is 4.81. The molecule has 2 heterocycles. The number of hydrogen-bond donors (Lipinski definition) is 1. The van der Waals surface area contributed by atoms with Gasteiger partial charge in [-0.25, -0.2) is 0 Å². The molecule has 1 aromatic heterocycles. The van der Waals surface area contributed by atoms with Gasteiger partial charge in [-0.1, -0.05) is 13.8 Å². The quantitative estimate of drug-likeness (QED) is 0.905. The number of thioether (sulfide) groups is 1. The summed E-state index contributed by atoms with van der Waals surface area (Å²) in [5, 5.41) is 3.52. The van der Waals surface area contributed by atoms with Crippen LogP contribution in [0.15, 0.2) is 23.0 Å². The Morgan fingerprint density at radius 2 is 2.14 bits per heavy atom. The highest BCUT2D eigenvalue weighted by Crippen LogP contribution is 2.15. The first-order valence-electron chi connectivity index (χ1n) is 7.28. The van der Waals surface area contributed by atoms with Crippen LogP contribution in [0, 0.1) is 0 Å². The minimum atomic E-state index is 0.00360. The molecule has 2 rings (SSSR count). The SMILES string of the molecule is CC(C)SCC(=O)NC1CCN(C(=O)c2ccoc2)CC1. The summed E-state index contributed by atoms with van der Waals surface area (Å²) in [6, 6.07) is 1.86. The van der Waals surface area contributed by atoms with Gasteiger partial charge in [0.25, 0.3) is 5.91 Å². The minimum absolute atomic E-state index is 0.00360. The van der Waals surface area contributed by atoms with Crippen LogP contribution < -0.4 is 5.32 Å². The van der Waals surface area contributed by atoms with Gasteiger partial charge in [-0.05, 0) is 24.2 Å². The Labute approximate surface area is 129 Å². The van der Waals surface area contributed by atoms with Crippen LogP contribution >= 0.6 is 11.8 Å². The van der Waals surface area contributed by atoms with E-state index < -0.39 is 0 Å². The molecule has 6 heteroatoms. The molecule has 0 unspecified atom stereocenters. The van der Waals surface area contributed by atoms with Crippen molar-refractivity contribution < 1.29 is 14.0 Å². The molecule has 0 bridgehead atoms. The third-order valence-corrected chi connectivity index (χ3v) is 4.56. The Morgan fingerprint density at radius 1 is 1.43 bits per heavy atom. The van der Waals surface area contributed by atoms with Crippen LogP contribution in [0.25, 0.3) is 0 Å². The standard InChI is InChI=1S/C15H22N2O3S/c1-11(2)21-10-14(18)16-13-3-6-17(7-4-13)15(19)12-5-8-20-9-12/h5,8-9,11,13H,3-4,6-7,10H2,1-2H3,(H,16,18). The van der Waals surface area contributed by atoms with Gasteiger partial charge in [0.05, 0.1) is 17.6 Å². The summed E-state index contributed by atoms with van der Waals surface area (Å²) in [6.07, 6.45) is 4.59. The predicted molar refractivity (Wildman–Crippen MR) is 83.4 cm³/mol. The van der Waals surface area contributed by atoms with Gasteiger partial charge in [-0.15, -0.1) is 11.8 Å². The summed E-state index contributed by atoms with van der Waals surface area (Å²) in [7, 11) is 0. The first-order valence-corrected chi connectivity index (χ1v) is 8.33. The monoisotopic (exact) mass is 310 g/mol. The van der Waals surface area contributed by atoms with Crippen LogP contribution in [0.2, 0.25) is 0 Å². The smallest absolute Gasteiger partial charge is 0.257 e. The summed E-state index contributed by atoms with van der Waals surface area (Å²) in [4.78, 5) is 25.8. The average molecular weight is 310 g/mol. The van der Waals surface area contributed by atoms with Crippen molar-refractivity contribution >= 4 is 23.6 Å². The highest BCUT2D eigenvalue weighted by molar-refractivity contribution is 8.00. The lowest BCUT2D eigenvalue weighted by molar-refractivity contribution is -0.119. The van der Waals surface area contributed by atoms with Crippen LogP contribution in [-0.4, -0.2) is 46.8 Å². The molecular formula is C15H22N2O3S. The lowest BCUT2D eigenvalue weighted by atomic mass is 10.0. The maximum absolute atomic E-state index is 12.1. The van der Waals surface area contributed by atoms with Crippen LogP contribution in [0.3, 0.4) is 0 Å². The van der Waals surface area contributed by atoms with E-state index >= 15 is 0 Å². The fraction of sp³-hybridized carbons (Fsp3) is 0.600. The number of rotatable bonds is 5. The second-order valence-corrected chi connectivity index (χ2v) is 7.07. The zero-order valence-corrected chi connectivity index (χ0v) is 13.3. The van der Waals surface area contributed by atoms with Gasteiger partial charge in [0.15, 0.2) is 0 Å². The van der Waals surface area contributed by atoms with Crippen LogP contribution in [0.1, 0.15) is 37.0 Å². The first kappa shape index (κ1) is 15.9. The van der Waals surface area contributed by atoms with Crippen LogP contribution in [0.5, 0.6) is 0 Å². The highest BCUT2D eigenvalue weighted by atomic mass is 32.2. The lowest BCUT2D eigenvalue weighted by Crippen LogP contribution is -2.47. The number of amides is 2. The van der Waals surface area contributed by atoms with E-state index in [4.69, 9.17) is 4.42 Å². The topological polar surface area (TPSA) is 62.6 Å². The molecule has 0 atom stereocenters. The normalized spacial score (nSPS) is 16.2. The number of piperidine rings is 1. The maximum Gasteiger partial charge on any atom is 0.257 e. The highest BCUT2D eigenvalue weighted by Gasteiger charge is 2.24. The maximum atomic E-state index is 12.1. The Balaban J connectivity index is 1.73. The summed E-state index contributed by atoms with van der Waals surface area (Å²) in [6.45, 7) is 5.51. The molecule has 1 N–H and O–H groups in total. The predicted octanol–water partition coefficient (Wildman–Crippen LogP) is 2.14. The van der Waals surface area contributed by atoms with E-state index in [1.807, 2.05) is 4.90 Å². The lowest BCUT2D eigenvalue weighted by Gasteiger charge is -2.32. The number of likely N-dealkylation sites (tertiary alicyclic amines) is 1. The molecule has 1 saturated heterocycles. The van der Waals surface area contributed by atoms with Crippen LogP contribution in [-0.2, 0) is 4.79 Å². The second-order valence-electron chi connectivity index (χ2n) is 5.51. The number of furan rings is 1. The van der Waals surface area contributed by atoms with Crippen molar-refractivity contribution in [3.05, 3.63) is 24.2 Å². The summed E-state index contributed by atoms with van der Waals surface area (Å²) < 4.78 is 4.94. The molecule has 1 aliphatic rings. The fourth-order valence-corrected chi connectivity index (χ4v) is 2.88. The van der Waals surface area contributed by atoms with E-state index in [-0.39, 0.29) is 17.9 Å². The van der Waals surface area contributed by atoms with Crippen molar-refractivity contribution in [2.45, 2.75) is 38.0 Å². The second kappa shape index (κ2) is 7.54. The molecule has 116 valence electrons. The summed E-state index contributed by atoms with van der Waals surface area (Å²) in [5.74, 6) is 0.600. The van der Waals surface area contributed by atoms with E-state index in [1.165, 1.54) is 12.5 Å². The summed E-state index contributed by atoms with van der Waals surface area (Å²) in [5.41, 5.74) is 0.589. The van der Waals surface area contributed by atoms with Gasteiger partial charge in [-0.2, -0.15) is 0 Å². The van der Waals surface area contributed by atoms with Gasteiger partial charge in [-0.3, -0.25) is 9.59 Å². The van der Waals surface area contributed by atoms with E-state index in [9.17, 15) is 9.59 Å². The molecule has 0 radical (unpaired) electrons. The van der Waals surface area contributed by atoms with Crippen molar-refractivity contribution in [1.82, 2.24) is 10.2 Å². The molecular weight excluding hydrogens is 288 g/mol. The van der Waals surface area contributed by atoms with Crippen molar-refractivity contribution in [2.24, 2.45) is 0 Å². The number of nitrogens with one attached hydrogen (secondary N) is 1. The number of hydrogen-bond acceptors (Lipinski definition) is 4. The zero-order valence-electron chi connectivity index (χ0n) is 12.5. The molecule has 1 aromatic rings. The average Bonchev–Trinajstić information content (AvgIpc) is 2.99. The number of nitrogens with zero attached hydrogens (tertiary/aromatic N) is 1. The van der Waals surface area contributed by atoms with Crippen LogP contribution in [0.4, 0.5) is 0 Å². The molecule has 0 saturated carbocycles. The van der Waals surface area contributed by atoms with E-state index in [2.05, 4.69) is 19.2 Å². The molecule has 1 aliphatic heterocycles. The van der Waals surface area contributed by atoms with E-state index in [1.54, 1.807) is 17.8 Å². The number of carbonyl (C=O) groups is 2. The fourth-order valence-electron chi connectivity index (χ4n) is 2.31. The third-order valence-electron chi connectivity index (χ3n) is 3.46. The van der Waals surface area contributed by atoms with Gasteiger partial charge in [0, 0.05) is 19.1 Å². The molecule has 2 amide bonds. The van der Waals surface area contributed by atoms with Crippen molar-refractivity contribution in [3.8, 4) is 0 Å². The van der Waals surface area contributed by atoms with Crippen molar-refractivity contribution in [2.75, 3.05) is 18.8 Å². The molecule has 0 aromatic carbocycles. The van der Waals surface area contributed by atoms with Crippen molar-refractivity contribution in [3.63, 3.8) is 0 Å². The van der Waals surface area contributed by atoms with E-state index in [0.717, 1.165) is 12.8 Å². The molecule has 0 spiro atoms. The van der Waals surface area contributed by atoms with Gasteiger partial charge in [0.1, 0.15) is 6.26 Å². The Morgan fingerprint density at radius 3 is 2.71 bits per heavy atom. The Bertz CT molecular complexity index is 465. The van der Waals surface area contributed by atoms with E-state index in [0.29, 0.717) is 29.7 Å². The molecule has 21 heavy (non-hydrogen) atoms. The van der Waals surface area contributed by atoms with Gasteiger partial charge >= 0.3 is 0 Å². The van der Waals surface area contributed by atoms with Gasteiger partial charge in [0.2, 0.25) is 5.91 Å². The summed E-state index contributed by atoms with van der Waals surface area (Å²) >= 11 is 1.64. The largest absolute Gasteiger partial charge is 0.472 e. The zero-order chi connectivity index (χ0) is 15.2. The van der Waals surface area contributed by atoms with Gasteiger partial charge < -0.3 is 14.6 Å². The van der Waals surface area contributed by atoms with Crippen molar-refractivity contribution in [1.29, 1.82) is 0 Å². The number of carbonyl (C=O) groups excluding carboxylic acids is 2. The first-order chi connectivity index (χ1) is 10.1. The molecule has 1 fully saturated rings.